The first-order valence-corrected chi connectivity index (χ1v) is 5.69. The van der Waals surface area contributed by atoms with Crippen molar-refractivity contribution in [3.05, 3.63) is 0 Å². The molecule has 1 aliphatic rings. The van der Waals surface area contributed by atoms with E-state index in [1.54, 1.807) is 13.8 Å². The molecule has 0 aromatic carbocycles. The molecule has 3 atom stereocenters. The van der Waals surface area contributed by atoms with Crippen LogP contribution in [0.4, 0.5) is 4.79 Å². The lowest BCUT2D eigenvalue weighted by Gasteiger charge is -2.18. The molecule has 0 aromatic rings. The summed E-state index contributed by atoms with van der Waals surface area (Å²) in [5.41, 5.74) is 0. The highest BCUT2D eigenvalue weighted by Gasteiger charge is 2.32. The Hall–Kier alpha value is -1.26. The molecule has 2 unspecified atom stereocenters. The summed E-state index contributed by atoms with van der Waals surface area (Å²) in [6, 6.07) is -1.21. The van der Waals surface area contributed by atoms with E-state index >= 15 is 0 Å². The van der Waals surface area contributed by atoms with Crippen molar-refractivity contribution in [2.24, 2.45) is 17.8 Å². The first kappa shape index (κ1) is 12.8. The minimum absolute atomic E-state index is 0.122. The Morgan fingerprint density at radius 2 is 2.00 bits per heavy atom. The van der Waals surface area contributed by atoms with Crippen LogP contribution in [-0.4, -0.2) is 29.7 Å². The SMILES string of the molecule is CC1CC1CNC(=O)N[C@H](C(=O)O)C(C)C. The Labute approximate surface area is 95.6 Å². The number of aliphatic carboxylic acids is 1. The van der Waals surface area contributed by atoms with Crippen molar-refractivity contribution in [1.29, 1.82) is 0 Å². The Kier molecular flexibility index (Phi) is 4.15. The molecule has 0 aliphatic heterocycles. The lowest BCUT2D eigenvalue weighted by Crippen LogP contribution is -2.49. The molecule has 0 bridgehead atoms. The van der Waals surface area contributed by atoms with E-state index in [0.717, 1.165) is 6.42 Å². The Morgan fingerprint density at radius 1 is 1.44 bits per heavy atom. The van der Waals surface area contributed by atoms with Gasteiger partial charge in [0, 0.05) is 6.54 Å². The maximum absolute atomic E-state index is 11.4. The predicted octanol–water partition coefficient (Wildman–Crippen LogP) is 1.05. The van der Waals surface area contributed by atoms with E-state index < -0.39 is 12.0 Å². The first-order valence-electron chi connectivity index (χ1n) is 5.69. The lowest BCUT2D eigenvalue weighted by atomic mass is 10.1. The molecule has 92 valence electrons. The van der Waals surface area contributed by atoms with Crippen LogP contribution < -0.4 is 10.6 Å². The van der Waals surface area contributed by atoms with Gasteiger partial charge < -0.3 is 15.7 Å². The van der Waals surface area contributed by atoms with Crippen molar-refractivity contribution in [2.75, 3.05) is 6.54 Å². The molecule has 0 saturated heterocycles. The maximum atomic E-state index is 11.4. The van der Waals surface area contributed by atoms with Crippen LogP contribution in [0, 0.1) is 17.8 Å². The van der Waals surface area contributed by atoms with Crippen LogP contribution in [0.3, 0.4) is 0 Å². The molecule has 1 aliphatic carbocycles. The van der Waals surface area contributed by atoms with Gasteiger partial charge in [-0.1, -0.05) is 20.8 Å². The highest BCUT2D eigenvalue weighted by Crippen LogP contribution is 2.36. The lowest BCUT2D eigenvalue weighted by molar-refractivity contribution is -0.140. The van der Waals surface area contributed by atoms with Crippen molar-refractivity contribution < 1.29 is 14.7 Å². The fraction of sp³-hybridized carbons (Fsp3) is 0.818. The van der Waals surface area contributed by atoms with Gasteiger partial charge in [0.15, 0.2) is 0 Å². The summed E-state index contributed by atoms with van der Waals surface area (Å²) in [7, 11) is 0. The van der Waals surface area contributed by atoms with Crippen molar-refractivity contribution in [3.8, 4) is 0 Å². The van der Waals surface area contributed by atoms with Crippen LogP contribution in [0.1, 0.15) is 27.2 Å². The van der Waals surface area contributed by atoms with Crippen LogP contribution in [-0.2, 0) is 4.79 Å². The van der Waals surface area contributed by atoms with Crippen LogP contribution in [0.2, 0.25) is 0 Å². The van der Waals surface area contributed by atoms with Gasteiger partial charge in [0.25, 0.3) is 0 Å². The van der Waals surface area contributed by atoms with Gasteiger partial charge in [0.2, 0.25) is 0 Å². The molecule has 0 radical (unpaired) electrons. The van der Waals surface area contributed by atoms with Gasteiger partial charge in [-0.05, 0) is 24.2 Å². The van der Waals surface area contributed by atoms with Crippen molar-refractivity contribution in [3.63, 3.8) is 0 Å². The summed E-state index contributed by atoms with van der Waals surface area (Å²) in [4.78, 5) is 22.3. The van der Waals surface area contributed by atoms with Crippen molar-refractivity contribution >= 4 is 12.0 Å². The van der Waals surface area contributed by atoms with Gasteiger partial charge in [-0.2, -0.15) is 0 Å². The molecular weight excluding hydrogens is 208 g/mol. The molecule has 1 fully saturated rings. The normalized spacial score (nSPS) is 25.0. The molecule has 0 spiro atoms. The number of amides is 2. The van der Waals surface area contributed by atoms with Gasteiger partial charge in [0.1, 0.15) is 6.04 Å². The predicted molar refractivity (Wildman–Crippen MR) is 60.1 cm³/mol. The van der Waals surface area contributed by atoms with E-state index in [4.69, 9.17) is 5.11 Å². The summed E-state index contributed by atoms with van der Waals surface area (Å²) >= 11 is 0. The van der Waals surface area contributed by atoms with Gasteiger partial charge in [0.05, 0.1) is 0 Å². The Balaban J connectivity index is 2.28. The van der Waals surface area contributed by atoms with E-state index in [1.807, 2.05) is 0 Å². The van der Waals surface area contributed by atoms with E-state index in [2.05, 4.69) is 17.6 Å². The third-order valence-corrected chi connectivity index (χ3v) is 3.02. The fourth-order valence-electron chi connectivity index (χ4n) is 1.61. The zero-order chi connectivity index (χ0) is 12.3. The number of carboxylic acids is 1. The molecule has 0 aromatic heterocycles. The minimum atomic E-state index is -0.995. The summed E-state index contributed by atoms with van der Waals surface area (Å²) in [5, 5.41) is 14.0. The van der Waals surface area contributed by atoms with Crippen LogP contribution >= 0.6 is 0 Å². The Morgan fingerprint density at radius 3 is 2.38 bits per heavy atom. The number of rotatable bonds is 5. The quantitative estimate of drug-likeness (QED) is 0.658. The molecule has 3 N–H and O–H groups in total. The van der Waals surface area contributed by atoms with E-state index in [-0.39, 0.29) is 11.9 Å². The topological polar surface area (TPSA) is 78.4 Å². The second kappa shape index (κ2) is 5.18. The van der Waals surface area contributed by atoms with Gasteiger partial charge >= 0.3 is 12.0 Å². The monoisotopic (exact) mass is 228 g/mol. The number of carboxylic acid groups (broad SMARTS) is 1. The molecule has 5 nitrogen and oxygen atoms in total. The number of carbonyl (C=O) groups is 2. The van der Waals surface area contributed by atoms with E-state index in [0.29, 0.717) is 18.4 Å². The highest BCUT2D eigenvalue weighted by atomic mass is 16.4. The summed E-state index contributed by atoms with van der Waals surface area (Å²) < 4.78 is 0. The smallest absolute Gasteiger partial charge is 0.326 e. The zero-order valence-corrected chi connectivity index (χ0v) is 9.99. The average molecular weight is 228 g/mol. The zero-order valence-electron chi connectivity index (χ0n) is 9.99. The number of urea groups is 1. The van der Waals surface area contributed by atoms with Gasteiger partial charge in [-0.15, -0.1) is 0 Å². The molecule has 0 heterocycles. The maximum Gasteiger partial charge on any atom is 0.326 e. The van der Waals surface area contributed by atoms with Crippen molar-refractivity contribution in [2.45, 2.75) is 33.2 Å². The van der Waals surface area contributed by atoms with E-state index in [1.165, 1.54) is 0 Å². The molecule has 2 amide bonds. The standard InChI is InChI=1S/C11H20N2O3/c1-6(2)9(10(14)15)13-11(16)12-5-8-4-7(8)3/h6-9H,4-5H2,1-3H3,(H,14,15)(H2,12,13,16)/t7?,8?,9-/m0/s1. The molecule has 16 heavy (non-hydrogen) atoms. The average Bonchev–Trinajstić information content (AvgIpc) is 2.87. The Bertz CT molecular complexity index is 278. The van der Waals surface area contributed by atoms with Crippen molar-refractivity contribution in [1.82, 2.24) is 10.6 Å². The number of hydrogen-bond donors (Lipinski definition) is 3. The summed E-state index contributed by atoms with van der Waals surface area (Å²) in [5.74, 6) is 0.127. The summed E-state index contributed by atoms with van der Waals surface area (Å²) in [6.45, 7) is 6.31. The number of carbonyl (C=O) groups excluding carboxylic acids is 1. The third kappa shape index (κ3) is 3.72. The third-order valence-electron chi connectivity index (χ3n) is 3.02. The summed E-state index contributed by atoms with van der Waals surface area (Å²) in [6.07, 6.45) is 1.15. The molecule has 1 rings (SSSR count). The van der Waals surface area contributed by atoms with Crippen LogP contribution in [0.15, 0.2) is 0 Å². The molecule has 1 saturated carbocycles. The van der Waals surface area contributed by atoms with Gasteiger partial charge in [-0.3, -0.25) is 0 Å². The van der Waals surface area contributed by atoms with Crippen LogP contribution in [0.5, 0.6) is 0 Å². The largest absolute Gasteiger partial charge is 0.480 e. The molecule has 5 heteroatoms. The second-order valence-corrected chi connectivity index (χ2v) is 4.89. The minimum Gasteiger partial charge on any atom is -0.480 e. The van der Waals surface area contributed by atoms with Gasteiger partial charge in [-0.25, -0.2) is 9.59 Å². The molecular formula is C11H20N2O3. The highest BCUT2D eigenvalue weighted by molar-refractivity contribution is 5.82. The number of nitrogens with one attached hydrogen (secondary N) is 2. The second-order valence-electron chi connectivity index (χ2n) is 4.89. The van der Waals surface area contributed by atoms with E-state index in [9.17, 15) is 9.59 Å². The number of hydrogen-bond acceptors (Lipinski definition) is 2. The fourth-order valence-corrected chi connectivity index (χ4v) is 1.61. The van der Waals surface area contributed by atoms with Crippen LogP contribution in [0.25, 0.3) is 0 Å². The first-order chi connectivity index (χ1) is 7.41.